The Balaban J connectivity index is 1.55. The number of aliphatic hydroxyl groups is 1. The second-order valence-electron chi connectivity index (χ2n) is 11.5. The van der Waals surface area contributed by atoms with Crippen LogP contribution in [-0.4, -0.2) is 28.9 Å². The van der Waals surface area contributed by atoms with E-state index in [2.05, 4.69) is 93.3 Å². The fourth-order valence-corrected chi connectivity index (χ4v) is 6.10. The molecule has 1 saturated heterocycles. The third kappa shape index (κ3) is 5.73. The lowest BCUT2D eigenvalue weighted by molar-refractivity contribution is -0.160. The van der Waals surface area contributed by atoms with Crippen LogP contribution in [0.1, 0.15) is 66.5 Å². The van der Waals surface area contributed by atoms with Crippen LogP contribution in [-0.2, 0) is 35.5 Å². The lowest BCUT2D eigenvalue weighted by atomic mass is 9.88. The van der Waals surface area contributed by atoms with Crippen molar-refractivity contribution in [1.29, 1.82) is 0 Å². The van der Waals surface area contributed by atoms with Gasteiger partial charge < -0.3 is 19.5 Å². The lowest BCUT2D eigenvalue weighted by Gasteiger charge is -2.32. The number of esters is 1. The predicted octanol–water partition coefficient (Wildman–Crippen LogP) is 6.22. The highest BCUT2D eigenvalue weighted by molar-refractivity contribution is 5.71. The summed E-state index contributed by atoms with van der Waals surface area (Å²) in [5.41, 5.74) is 8.48. The van der Waals surface area contributed by atoms with Crippen LogP contribution in [0.2, 0.25) is 0 Å². The zero-order valence-electron chi connectivity index (χ0n) is 23.0. The van der Waals surface area contributed by atoms with Gasteiger partial charge in [-0.15, -0.1) is 0 Å². The van der Waals surface area contributed by atoms with E-state index in [9.17, 15) is 9.90 Å². The van der Waals surface area contributed by atoms with E-state index in [1.54, 1.807) is 0 Å². The van der Waals surface area contributed by atoms with Crippen molar-refractivity contribution in [3.8, 4) is 5.75 Å². The molecule has 3 aromatic carbocycles. The summed E-state index contributed by atoms with van der Waals surface area (Å²) in [6.45, 7) is 10.3. The van der Waals surface area contributed by atoms with Crippen molar-refractivity contribution < 1.29 is 19.4 Å². The maximum atomic E-state index is 12.0. The van der Waals surface area contributed by atoms with Gasteiger partial charge >= 0.3 is 5.97 Å². The Kier molecular flexibility index (Phi) is 7.49. The molecule has 0 amide bonds. The summed E-state index contributed by atoms with van der Waals surface area (Å²) in [7, 11) is 0. The predicted molar refractivity (Wildman–Crippen MR) is 151 cm³/mol. The van der Waals surface area contributed by atoms with E-state index < -0.39 is 6.10 Å². The highest BCUT2D eigenvalue weighted by atomic mass is 16.5. The van der Waals surface area contributed by atoms with Crippen LogP contribution in [0.25, 0.3) is 0 Å². The normalized spacial score (nSPS) is 20.0. The highest BCUT2D eigenvalue weighted by Gasteiger charge is 2.37. The summed E-state index contributed by atoms with van der Waals surface area (Å²) in [5.74, 6) is 0.686. The maximum Gasteiger partial charge on any atom is 0.308 e. The summed E-state index contributed by atoms with van der Waals surface area (Å²) >= 11 is 0. The first kappa shape index (κ1) is 26.3. The van der Waals surface area contributed by atoms with Crippen molar-refractivity contribution in [1.82, 2.24) is 0 Å². The fraction of sp³-hybridized carbons (Fsp3) is 0.424. The molecule has 0 aliphatic carbocycles. The zero-order valence-corrected chi connectivity index (χ0v) is 23.0. The van der Waals surface area contributed by atoms with Gasteiger partial charge in [-0.25, -0.2) is 0 Å². The Bertz CT molecular complexity index is 1240. The van der Waals surface area contributed by atoms with Gasteiger partial charge in [-0.05, 0) is 68.4 Å². The Morgan fingerprint density at radius 2 is 1.55 bits per heavy atom. The minimum absolute atomic E-state index is 0.0881. The second kappa shape index (κ2) is 10.8. The van der Waals surface area contributed by atoms with Crippen molar-refractivity contribution in [2.75, 3.05) is 4.90 Å². The standard InChI is InChI=1S/C33H39NO4/c1-22-28(16-15-27-17-26(35)18-30(36)37-27)32-29(19-33(3,4)38-32)23(2)31(22)34(20-24-11-7-5-8-12-24)21-25-13-9-6-10-14-25/h5-14,26-27,35H,15-21H2,1-4H3. The molecule has 0 bridgehead atoms. The summed E-state index contributed by atoms with van der Waals surface area (Å²) in [6.07, 6.45) is 1.94. The smallest absolute Gasteiger partial charge is 0.308 e. The molecule has 5 rings (SSSR count). The van der Waals surface area contributed by atoms with Gasteiger partial charge in [-0.2, -0.15) is 0 Å². The van der Waals surface area contributed by atoms with E-state index >= 15 is 0 Å². The molecule has 5 heteroatoms. The molecule has 0 spiro atoms. The van der Waals surface area contributed by atoms with Crippen LogP contribution in [0.5, 0.6) is 5.75 Å². The molecule has 1 fully saturated rings. The molecule has 0 radical (unpaired) electrons. The van der Waals surface area contributed by atoms with Crippen LogP contribution in [0.3, 0.4) is 0 Å². The number of benzene rings is 3. The van der Waals surface area contributed by atoms with Crippen molar-refractivity contribution in [2.45, 2.75) is 90.7 Å². The average Bonchev–Trinajstić information content (AvgIpc) is 3.20. The molecule has 38 heavy (non-hydrogen) atoms. The Labute approximate surface area is 226 Å². The quantitative estimate of drug-likeness (QED) is 0.362. The van der Waals surface area contributed by atoms with Gasteiger partial charge in [0, 0.05) is 37.2 Å². The monoisotopic (exact) mass is 513 g/mol. The van der Waals surface area contributed by atoms with E-state index in [4.69, 9.17) is 9.47 Å². The molecule has 2 aliphatic heterocycles. The third-order valence-electron chi connectivity index (χ3n) is 7.85. The summed E-state index contributed by atoms with van der Waals surface area (Å²) in [4.78, 5) is 14.5. The average molecular weight is 514 g/mol. The van der Waals surface area contributed by atoms with Crippen LogP contribution in [0.4, 0.5) is 5.69 Å². The van der Waals surface area contributed by atoms with E-state index in [1.807, 2.05) is 0 Å². The highest BCUT2D eigenvalue weighted by Crippen LogP contribution is 2.47. The summed E-state index contributed by atoms with van der Waals surface area (Å²) < 4.78 is 12.2. The number of cyclic esters (lactones) is 1. The van der Waals surface area contributed by atoms with Crippen molar-refractivity contribution in [3.63, 3.8) is 0 Å². The molecule has 5 nitrogen and oxygen atoms in total. The van der Waals surface area contributed by atoms with Crippen molar-refractivity contribution in [2.24, 2.45) is 0 Å². The van der Waals surface area contributed by atoms with Crippen LogP contribution in [0.15, 0.2) is 60.7 Å². The minimum atomic E-state index is -0.621. The van der Waals surface area contributed by atoms with E-state index in [0.29, 0.717) is 12.8 Å². The Morgan fingerprint density at radius 1 is 0.947 bits per heavy atom. The number of hydrogen-bond acceptors (Lipinski definition) is 5. The van der Waals surface area contributed by atoms with Gasteiger partial charge in [-0.1, -0.05) is 60.7 Å². The van der Waals surface area contributed by atoms with Gasteiger partial charge in [-0.3, -0.25) is 4.79 Å². The number of anilines is 1. The number of ether oxygens (including phenoxy) is 2. The van der Waals surface area contributed by atoms with E-state index in [-0.39, 0.29) is 24.1 Å². The van der Waals surface area contributed by atoms with Gasteiger partial charge in [0.15, 0.2) is 0 Å². The Hall–Kier alpha value is -3.31. The zero-order chi connectivity index (χ0) is 26.9. The largest absolute Gasteiger partial charge is 0.487 e. The topological polar surface area (TPSA) is 59.0 Å². The molecule has 0 saturated carbocycles. The van der Waals surface area contributed by atoms with Gasteiger partial charge in [0.2, 0.25) is 0 Å². The van der Waals surface area contributed by atoms with Crippen LogP contribution in [0, 0.1) is 13.8 Å². The first-order valence-electron chi connectivity index (χ1n) is 13.7. The molecule has 2 unspecified atom stereocenters. The molecular formula is C33H39NO4. The fourth-order valence-electron chi connectivity index (χ4n) is 6.10. The van der Waals surface area contributed by atoms with Crippen molar-refractivity contribution in [3.05, 3.63) is 94.0 Å². The van der Waals surface area contributed by atoms with Gasteiger partial charge in [0.25, 0.3) is 0 Å². The number of carbonyl (C=O) groups is 1. The molecule has 3 aromatic rings. The summed E-state index contributed by atoms with van der Waals surface area (Å²) in [5, 5.41) is 10.1. The third-order valence-corrected chi connectivity index (χ3v) is 7.85. The molecule has 0 aromatic heterocycles. The van der Waals surface area contributed by atoms with Crippen molar-refractivity contribution >= 4 is 11.7 Å². The van der Waals surface area contributed by atoms with Gasteiger partial charge in [0.1, 0.15) is 17.5 Å². The first-order chi connectivity index (χ1) is 18.2. The van der Waals surface area contributed by atoms with Crippen LogP contribution >= 0.6 is 0 Å². The maximum absolute atomic E-state index is 12.0. The Morgan fingerprint density at radius 3 is 2.13 bits per heavy atom. The molecule has 2 heterocycles. The second-order valence-corrected chi connectivity index (χ2v) is 11.5. The number of hydrogen-bond donors (Lipinski definition) is 1. The SMILES string of the molecule is Cc1c(CCC2CC(O)CC(=O)O2)c2c(c(C)c1N(Cc1ccccc1)Cc1ccccc1)CC(C)(C)O2. The lowest BCUT2D eigenvalue weighted by Crippen LogP contribution is -2.33. The molecule has 1 N–H and O–H groups in total. The number of fused-ring (bicyclic) bond motifs is 1. The summed E-state index contributed by atoms with van der Waals surface area (Å²) in [6, 6.07) is 21.3. The first-order valence-corrected chi connectivity index (χ1v) is 13.7. The molecule has 2 atom stereocenters. The molecule has 200 valence electrons. The molecule has 2 aliphatic rings. The van der Waals surface area contributed by atoms with E-state index in [1.165, 1.54) is 39.1 Å². The molecular weight excluding hydrogens is 474 g/mol. The van der Waals surface area contributed by atoms with E-state index in [0.717, 1.165) is 31.7 Å². The number of carbonyl (C=O) groups excluding carboxylic acids is 1. The van der Waals surface area contributed by atoms with Gasteiger partial charge in [0.05, 0.1) is 12.5 Å². The number of nitrogens with zero attached hydrogens (tertiary/aromatic N) is 1. The number of aliphatic hydroxyl groups excluding tert-OH is 1. The number of rotatable bonds is 8. The van der Waals surface area contributed by atoms with Crippen LogP contribution < -0.4 is 9.64 Å². The minimum Gasteiger partial charge on any atom is -0.487 e.